The number of rotatable bonds is 6. The summed E-state index contributed by atoms with van der Waals surface area (Å²) in [4.78, 5) is 41.8. The van der Waals surface area contributed by atoms with Crippen LogP contribution in [0.2, 0.25) is 0 Å². The number of benzene rings is 1. The molecule has 1 aromatic carbocycles. The summed E-state index contributed by atoms with van der Waals surface area (Å²) in [5.74, 6) is 0.210. The quantitative estimate of drug-likeness (QED) is 0.486. The van der Waals surface area contributed by atoms with E-state index >= 15 is 0 Å². The van der Waals surface area contributed by atoms with Crippen LogP contribution < -0.4 is 10.9 Å². The summed E-state index contributed by atoms with van der Waals surface area (Å²) in [6.07, 6.45) is 2.00. The van der Waals surface area contributed by atoms with Gasteiger partial charge in [0.25, 0.3) is 11.5 Å². The first-order valence-electron chi connectivity index (χ1n) is 9.81. The molecule has 156 valence electrons. The average Bonchev–Trinajstić information content (AvgIpc) is 3.12. The van der Waals surface area contributed by atoms with Crippen LogP contribution in [0.4, 0.5) is 0 Å². The highest BCUT2D eigenvalue weighted by molar-refractivity contribution is 7.13. The fraction of sp³-hybridized carbons (Fsp3) is 0.174. The Morgan fingerprint density at radius 2 is 1.87 bits per heavy atom. The molecule has 4 aromatic rings. The molecule has 0 bridgehead atoms. The van der Waals surface area contributed by atoms with E-state index in [4.69, 9.17) is 0 Å². The Bertz CT molecular complexity index is 1250. The van der Waals surface area contributed by atoms with Gasteiger partial charge in [0.2, 0.25) is 0 Å². The van der Waals surface area contributed by atoms with Crippen molar-refractivity contribution in [3.05, 3.63) is 98.0 Å². The van der Waals surface area contributed by atoms with E-state index in [1.54, 1.807) is 18.3 Å². The molecule has 0 unspecified atom stereocenters. The van der Waals surface area contributed by atoms with Gasteiger partial charge in [0.15, 0.2) is 5.82 Å². The lowest BCUT2D eigenvalue weighted by Gasteiger charge is -2.19. The molecule has 0 spiro atoms. The number of amides is 1. The molecule has 0 saturated carbocycles. The van der Waals surface area contributed by atoms with Crippen LogP contribution in [0.15, 0.2) is 65.6 Å². The Labute approximate surface area is 183 Å². The van der Waals surface area contributed by atoms with Crippen molar-refractivity contribution in [3.8, 4) is 11.5 Å². The minimum atomic E-state index is -0.360. The smallest absolute Gasteiger partial charge is 0.263 e. The zero-order chi connectivity index (χ0) is 21.8. The summed E-state index contributed by atoms with van der Waals surface area (Å²) < 4.78 is 0. The third kappa shape index (κ3) is 4.92. The predicted molar refractivity (Wildman–Crippen MR) is 120 cm³/mol. The molecule has 0 fully saturated rings. The highest BCUT2D eigenvalue weighted by Gasteiger charge is 2.21. The molecule has 0 aliphatic rings. The molecule has 4 rings (SSSR count). The highest BCUT2D eigenvalue weighted by atomic mass is 32.1. The van der Waals surface area contributed by atoms with E-state index < -0.39 is 0 Å². The van der Waals surface area contributed by atoms with Crippen LogP contribution in [-0.2, 0) is 6.42 Å². The second kappa shape index (κ2) is 9.01. The second-order valence-corrected chi connectivity index (χ2v) is 8.29. The SMILES string of the molecule is Cc1nc(C)c(C(=O)N[C@H](Cc2cc(=O)[nH]c(-c3ccccn3)n2)c2ccccc2)s1. The van der Waals surface area contributed by atoms with Crippen LogP contribution in [0.5, 0.6) is 0 Å². The van der Waals surface area contributed by atoms with Crippen LogP contribution in [-0.4, -0.2) is 25.8 Å². The van der Waals surface area contributed by atoms with Gasteiger partial charge in [-0.15, -0.1) is 11.3 Å². The highest BCUT2D eigenvalue weighted by Crippen LogP contribution is 2.22. The lowest BCUT2D eigenvalue weighted by atomic mass is 10.0. The number of hydrogen-bond acceptors (Lipinski definition) is 6. The molecule has 2 N–H and O–H groups in total. The molecule has 0 saturated heterocycles. The maximum atomic E-state index is 13.0. The number of thiazole rings is 1. The minimum absolute atomic E-state index is 0.188. The average molecular weight is 432 g/mol. The minimum Gasteiger partial charge on any atom is -0.344 e. The number of nitrogens with zero attached hydrogens (tertiary/aromatic N) is 3. The third-order valence-corrected chi connectivity index (χ3v) is 5.80. The molecule has 0 radical (unpaired) electrons. The summed E-state index contributed by atoms with van der Waals surface area (Å²) in [5, 5.41) is 3.94. The molecule has 3 aromatic heterocycles. The number of carbonyl (C=O) groups excluding carboxylic acids is 1. The first-order valence-corrected chi connectivity index (χ1v) is 10.6. The lowest BCUT2D eigenvalue weighted by molar-refractivity contribution is 0.0939. The zero-order valence-corrected chi connectivity index (χ0v) is 17.9. The Morgan fingerprint density at radius 3 is 2.55 bits per heavy atom. The van der Waals surface area contributed by atoms with Crippen molar-refractivity contribution in [1.29, 1.82) is 0 Å². The van der Waals surface area contributed by atoms with Gasteiger partial charge < -0.3 is 10.3 Å². The standard InChI is InChI=1S/C23H21N5O2S/c1-14-21(31-15(2)25-14)23(30)27-19(16-8-4-3-5-9-16)12-17-13-20(29)28-22(26-17)18-10-6-7-11-24-18/h3-11,13,19H,12H2,1-2H3,(H,27,30)(H,26,28,29)/t19-/m1/s1. The molecular formula is C23H21N5O2S. The van der Waals surface area contributed by atoms with Crippen LogP contribution in [0.1, 0.15) is 37.7 Å². The van der Waals surface area contributed by atoms with Gasteiger partial charge in [-0.2, -0.15) is 0 Å². The van der Waals surface area contributed by atoms with E-state index in [1.165, 1.54) is 17.4 Å². The largest absolute Gasteiger partial charge is 0.344 e. The van der Waals surface area contributed by atoms with Crippen molar-refractivity contribution in [2.24, 2.45) is 0 Å². The molecule has 3 heterocycles. The van der Waals surface area contributed by atoms with Crippen LogP contribution in [0.25, 0.3) is 11.5 Å². The summed E-state index contributed by atoms with van der Waals surface area (Å²) >= 11 is 1.37. The van der Waals surface area contributed by atoms with Crippen molar-refractivity contribution in [3.63, 3.8) is 0 Å². The van der Waals surface area contributed by atoms with Gasteiger partial charge in [0.1, 0.15) is 10.6 Å². The Balaban J connectivity index is 1.66. The normalized spacial score (nSPS) is 11.8. The van der Waals surface area contributed by atoms with E-state index in [0.717, 1.165) is 10.6 Å². The number of pyridine rings is 1. The topological polar surface area (TPSA) is 101 Å². The molecule has 0 aliphatic heterocycles. The number of aromatic amines is 1. The van der Waals surface area contributed by atoms with Crippen molar-refractivity contribution < 1.29 is 4.79 Å². The molecular weight excluding hydrogens is 410 g/mol. The maximum absolute atomic E-state index is 13.0. The van der Waals surface area contributed by atoms with Gasteiger partial charge >= 0.3 is 0 Å². The van der Waals surface area contributed by atoms with E-state index in [9.17, 15) is 9.59 Å². The predicted octanol–water partition coefficient (Wildman–Crippen LogP) is 3.62. The van der Waals surface area contributed by atoms with E-state index in [2.05, 4.69) is 25.3 Å². The van der Waals surface area contributed by atoms with E-state index in [0.29, 0.717) is 34.2 Å². The summed E-state index contributed by atoms with van der Waals surface area (Å²) in [6, 6.07) is 16.2. The molecule has 1 atom stereocenters. The molecule has 1 amide bonds. The Kier molecular flexibility index (Phi) is 5.99. The molecule has 31 heavy (non-hydrogen) atoms. The fourth-order valence-corrected chi connectivity index (χ4v) is 4.17. The molecule has 7 nitrogen and oxygen atoms in total. The monoisotopic (exact) mass is 431 g/mol. The number of aryl methyl sites for hydroxylation is 2. The number of hydrogen-bond donors (Lipinski definition) is 2. The van der Waals surface area contributed by atoms with E-state index in [-0.39, 0.29) is 17.5 Å². The molecule has 0 aliphatic carbocycles. The van der Waals surface area contributed by atoms with Crippen molar-refractivity contribution in [2.45, 2.75) is 26.3 Å². The van der Waals surface area contributed by atoms with Crippen molar-refractivity contribution >= 4 is 17.2 Å². The van der Waals surface area contributed by atoms with Gasteiger partial charge in [0.05, 0.1) is 22.4 Å². The van der Waals surface area contributed by atoms with E-state index in [1.807, 2.05) is 50.2 Å². The second-order valence-electron chi connectivity index (χ2n) is 7.09. The van der Waals surface area contributed by atoms with Gasteiger partial charge in [-0.05, 0) is 31.5 Å². The zero-order valence-electron chi connectivity index (χ0n) is 17.1. The number of carbonyl (C=O) groups is 1. The lowest BCUT2D eigenvalue weighted by Crippen LogP contribution is -2.30. The van der Waals surface area contributed by atoms with Gasteiger partial charge in [-0.25, -0.2) is 9.97 Å². The van der Waals surface area contributed by atoms with Crippen molar-refractivity contribution in [2.75, 3.05) is 0 Å². The first kappa shape index (κ1) is 20.6. The van der Waals surface area contributed by atoms with Gasteiger partial charge in [-0.1, -0.05) is 36.4 Å². The Hall–Kier alpha value is -3.65. The van der Waals surface area contributed by atoms with Crippen molar-refractivity contribution in [1.82, 2.24) is 25.3 Å². The van der Waals surface area contributed by atoms with Crippen LogP contribution >= 0.6 is 11.3 Å². The maximum Gasteiger partial charge on any atom is 0.263 e. The summed E-state index contributed by atoms with van der Waals surface area (Å²) in [5.41, 5.74) is 2.51. The van der Waals surface area contributed by atoms with Gasteiger partial charge in [0, 0.05) is 18.7 Å². The number of H-pyrrole nitrogens is 1. The van der Waals surface area contributed by atoms with Gasteiger partial charge in [-0.3, -0.25) is 14.6 Å². The fourth-order valence-electron chi connectivity index (χ4n) is 3.35. The number of aromatic nitrogens is 4. The first-order chi connectivity index (χ1) is 15.0. The molecule has 8 heteroatoms. The number of nitrogens with one attached hydrogen (secondary N) is 2. The summed E-state index contributed by atoms with van der Waals surface area (Å²) in [7, 11) is 0. The Morgan fingerprint density at radius 1 is 1.10 bits per heavy atom. The van der Waals surface area contributed by atoms with Crippen LogP contribution in [0, 0.1) is 13.8 Å². The summed E-state index contributed by atoms with van der Waals surface area (Å²) in [6.45, 7) is 3.70. The third-order valence-electron chi connectivity index (χ3n) is 4.73. The van der Waals surface area contributed by atoms with Crippen LogP contribution in [0.3, 0.4) is 0 Å².